The van der Waals surface area contributed by atoms with Gasteiger partial charge in [0.1, 0.15) is 0 Å². The van der Waals surface area contributed by atoms with Gasteiger partial charge in [0, 0.05) is 6.54 Å². The number of hydrogen-bond acceptors (Lipinski definition) is 4. The van der Waals surface area contributed by atoms with Crippen molar-refractivity contribution in [2.75, 3.05) is 26.4 Å². The summed E-state index contributed by atoms with van der Waals surface area (Å²) >= 11 is 0. The number of rotatable bonds is 6. The molecule has 0 heterocycles. The molecule has 14 heavy (non-hydrogen) atoms. The van der Waals surface area contributed by atoms with Crippen molar-refractivity contribution in [3.63, 3.8) is 0 Å². The average molecular weight is 203 g/mol. The molecule has 0 aromatic carbocycles. The highest BCUT2D eigenvalue weighted by Crippen LogP contribution is 2.23. The number of aliphatic hydroxyl groups is 1. The first-order valence-electron chi connectivity index (χ1n) is 5.41. The van der Waals surface area contributed by atoms with Crippen LogP contribution in [-0.2, 0) is 9.47 Å². The lowest BCUT2D eigenvalue weighted by atomic mass is 9.95. The third-order valence-electron chi connectivity index (χ3n) is 2.54. The average Bonchev–Trinajstić information content (AvgIpc) is 2.25. The summed E-state index contributed by atoms with van der Waals surface area (Å²) in [5.74, 6) is 0. The van der Waals surface area contributed by atoms with E-state index >= 15 is 0 Å². The molecule has 0 radical (unpaired) electrons. The smallest absolute Gasteiger partial charge is 0.0701 e. The molecule has 4 heteroatoms. The van der Waals surface area contributed by atoms with Crippen LogP contribution in [0.25, 0.3) is 0 Å². The summed E-state index contributed by atoms with van der Waals surface area (Å²) in [6, 6.07) is 0. The van der Waals surface area contributed by atoms with Crippen molar-refractivity contribution in [2.24, 2.45) is 5.73 Å². The summed E-state index contributed by atoms with van der Waals surface area (Å²) in [4.78, 5) is 0. The van der Waals surface area contributed by atoms with Crippen LogP contribution in [0.1, 0.15) is 25.7 Å². The highest BCUT2D eigenvalue weighted by molar-refractivity contribution is 4.73. The summed E-state index contributed by atoms with van der Waals surface area (Å²) in [5, 5.41) is 8.60. The molecule has 1 saturated carbocycles. The molecule has 0 aromatic rings. The first kappa shape index (κ1) is 11.9. The lowest BCUT2D eigenvalue weighted by Gasteiger charge is -2.28. The van der Waals surface area contributed by atoms with Gasteiger partial charge in [0.25, 0.3) is 0 Å². The molecule has 84 valence electrons. The van der Waals surface area contributed by atoms with Gasteiger partial charge in [-0.2, -0.15) is 0 Å². The topological polar surface area (TPSA) is 64.7 Å². The molecular formula is C10H21NO3. The van der Waals surface area contributed by atoms with E-state index in [1.165, 1.54) is 0 Å². The van der Waals surface area contributed by atoms with Crippen LogP contribution in [0.2, 0.25) is 0 Å². The minimum absolute atomic E-state index is 0.115. The minimum Gasteiger partial charge on any atom is -0.394 e. The van der Waals surface area contributed by atoms with Crippen LogP contribution in [-0.4, -0.2) is 43.7 Å². The van der Waals surface area contributed by atoms with Crippen LogP contribution >= 0.6 is 0 Å². The summed E-state index contributed by atoms with van der Waals surface area (Å²) < 4.78 is 11.0. The Labute approximate surface area is 85.4 Å². The van der Waals surface area contributed by atoms with Crippen LogP contribution < -0.4 is 5.73 Å². The fourth-order valence-corrected chi connectivity index (χ4v) is 1.82. The summed E-state index contributed by atoms with van der Waals surface area (Å²) in [6.45, 7) is 1.83. The van der Waals surface area contributed by atoms with Gasteiger partial charge in [-0.1, -0.05) is 0 Å². The van der Waals surface area contributed by atoms with E-state index in [0.29, 0.717) is 32.0 Å². The summed E-state index contributed by atoms with van der Waals surface area (Å²) in [7, 11) is 0. The van der Waals surface area contributed by atoms with Crippen molar-refractivity contribution in [2.45, 2.75) is 37.9 Å². The van der Waals surface area contributed by atoms with E-state index in [-0.39, 0.29) is 6.61 Å². The molecule has 0 atom stereocenters. The van der Waals surface area contributed by atoms with Gasteiger partial charge in [0.05, 0.1) is 32.0 Å². The van der Waals surface area contributed by atoms with E-state index in [0.717, 1.165) is 25.7 Å². The maximum atomic E-state index is 8.60. The fraction of sp³-hybridized carbons (Fsp3) is 1.00. The van der Waals surface area contributed by atoms with Gasteiger partial charge >= 0.3 is 0 Å². The molecule has 0 unspecified atom stereocenters. The van der Waals surface area contributed by atoms with E-state index in [1.807, 2.05) is 0 Å². The van der Waals surface area contributed by atoms with E-state index in [2.05, 4.69) is 0 Å². The van der Waals surface area contributed by atoms with Crippen LogP contribution in [0.4, 0.5) is 0 Å². The Kier molecular flexibility index (Phi) is 6.10. The Hall–Kier alpha value is -0.160. The Morgan fingerprint density at radius 2 is 1.50 bits per heavy atom. The van der Waals surface area contributed by atoms with Crippen LogP contribution in [0.15, 0.2) is 0 Å². The molecule has 1 aliphatic rings. The molecule has 1 rings (SSSR count). The van der Waals surface area contributed by atoms with Gasteiger partial charge in [-0.05, 0) is 25.7 Å². The first-order chi connectivity index (χ1) is 6.86. The molecule has 0 amide bonds. The Morgan fingerprint density at radius 1 is 1.00 bits per heavy atom. The molecule has 1 fully saturated rings. The molecule has 3 N–H and O–H groups in total. The minimum atomic E-state index is 0.115. The maximum absolute atomic E-state index is 8.60. The second kappa shape index (κ2) is 7.17. The summed E-state index contributed by atoms with van der Waals surface area (Å²) in [5.41, 5.74) is 5.36. The van der Waals surface area contributed by atoms with E-state index in [9.17, 15) is 0 Å². The van der Waals surface area contributed by atoms with Gasteiger partial charge in [0.2, 0.25) is 0 Å². The zero-order chi connectivity index (χ0) is 10.2. The molecule has 0 aromatic heterocycles. The van der Waals surface area contributed by atoms with Gasteiger partial charge in [-0.25, -0.2) is 0 Å². The summed E-state index contributed by atoms with van der Waals surface area (Å²) in [6.07, 6.45) is 4.86. The third kappa shape index (κ3) is 4.37. The van der Waals surface area contributed by atoms with Crippen molar-refractivity contribution in [3.8, 4) is 0 Å². The predicted octanol–water partition coefficient (Wildman–Crippen LogP) is 0.282. The quantitative estimate of drug-likeness (QED) is 0.651. The first-order valence-corrected chi connectivity index (χ1v) is 5.41. The molecule has 0 aliphatic heterocycles. The molecule has 1 aliphatic carbocycles. The van der Waals surface area contributed by atoms with Crippen molar-refractivity contribution >= 4 is 0 Å². The zero-order valence-corrected chi connectivity index (χ0v) is 8.65. The van der Waals surface area contributed by atoms with Crippen LogP contribution in [0.3, 0.4) is 0 Å². The van der Waals surface area contributed by atoms with E-state index < -0.39 is 0 Å². The molecular weight excluding hydrogens is 182 g/mol. The predicted molar refractivity (Wildman–Crippen MR) is 54.1 cm³/mol. The Morgan fingerprint density at radius 3 is 1.93 bits per heavy atom. The van der Waals surface area contributed by atoms with E-state index in [4.69, 9.17) is 20.3 Å². The molecule has 0 bridgehead atoms. The number of hydrogen-bond donors (Lipinski definition) is 2. The van der Waals surface area contributed by atoms with Crippen molar-refractivity contribution < 1.29 is 14.6 Å². The Balaban J connectivity index is 2.05. The van der Waals surface area contributed by atoms with Gasteiger partial charge in [-0.15, -0.1) is 0 Å². The largest absolute Gasteiger partial charge is 0.394 e. The lowest BCUT2D eigenvalue weighted by Crippen LogP contribution is -2.28. The van der Waals surface area contributed by atoms with Crippen LogP contribution in [0, 0.1) is 0 Å². The lowest BCUT2D eigenvalue weighted by molar-refractivity contribution is -0.0367. The Bertz CT molecular complexity index is 119. The molecule has 0 saturated heterocycles. The second-order valence-electron chi connectivity index (χ2n) is 3.65. The number of aliphatic hydroxyl groups excluding tert-OH is 1. The normalized spacial score (nSPS) is 27.9. The third-order valence-corrected chi connectivity index (χ3v) is 2.54. The van der Waals surface area contributed by atoms with Crippen molar-refractivity contribution in [3.05, 3.63) is 0 Å². The highest BCUT2D eigenvalue weighted by Gasteiger charge is 2.21. The number of nitrogens with two attached hydrogens (primary N) is 1. The standard InChI is InChI=1S/C10H21NO3/c11-5-7-13-9-1-3-10(4-2-9)14-8-6-12/h9-10,12H,1-8,11H2. The zero-order valence-electron chi connectivity index (χ0n) is 8.65. The number of ether oxygens (including phenoxy) is 2. The maximum Gasteiger partial charge on any atom is 0.0701 e. The SMILES string of the molecule is NCCOC1CCC(OCCO)CC1. The molecule has 4 nitrogen and oxygen atoms in total. The highest BCUT2D eigenvalue weighted by atomic mass is 16.5. The van der Waals surface area contributed by atoms with Gasteiger partial charge < -0.3 is 20.3 Å². The van der Waals surface area contributed by atoms with E-state index in [1.54, 1.807) is 0 Å². The monoisotopic (exact) mass is 203 g/mol. The van der Waals surface area contributed by atoms with Crippen LogP contribution in [0.5, 0.6) is 0 Å². The van der Waals surface area contributed by atoms with Gasteiger partial charge in [0.15, 0.2) is 0 Å². The van der Waals surface area contributed by atoms with Gasteiger partial charge in [-0.3, -0.25) is 0 Å². The van der Waals surface area contributed by atoms with Crippen molar-refractivity contribution in [1.29, 1.82) is 0 Å². The molecule has 0 spiro atoms. The second-order valence-corrected chi connectivity index (χ2v) is 3.65. The van der Waals surface area contributed by atoms with Crippen molar-refractivity contribution in [1.82, 2.24) is 0 Å². The fourth-order valence-electron chi connectivity index (χ4n) is 1.82.